The second-order valence-corrected chi connectivity index (χ2v) is 7.05. The molecule has 1 fully saturated rings. The van der Waals surface area contributed by atoms with Gasteiger partial charge in [0.25, 0.3) is 11.1 Å². The summed E-state index contributed by atoms with van der Waals surface area (Å²) in [5, 5.41) is 1.15. The minimum atomic E-state index is -0.119. The van der Waals surface area contributed by atoms with Gasteiger partial charge < -0.3 is 0 Å². The van der Waals surface area contributed by atoms with Crippen LogP contribution < -0.4 is 11.1 Å². The number of aromatic nitrogens is 3. The highest BCUT2D eigenvalue weighted by Gasteiger charge is 2.22. The van der Waals surface area contributed by atoms with E-state index in [2.05, 4.69) is 0 Å². The summed E-state index contributed by atoms with van der Waals surface area (Å²) in [6, 6.07) is 14.8. The van der Waals surface area contributed by atoms with E-state index in [1.807, 2.05) is 36.4 Å². The molecule has 2 aromatic heterocycles. The quantitative estimate of drug-likeness (QED) is 0.391. The van der Waals surface area contributed by atoms with E-state index in [4.69, 9.17) is 4.98 Å². The second kappa shape index (κ2) is 5.80. The average Bonchev–Trinajstić information content (AvgIpc) is 2.69. The molecule has 5 heteroatoms. The molecular formula is C21H19N3O2. The largest absolute Gasteiger partial charge is 0.274 e. The van der Waals surface area contributed by atoms with Crippen LogP contribution in [0.15, 0.2) is 58.1 Å². The minimum Gasteiger partial charge on any atom is -0.274 e. The summed E-state index contributed by atoms with van der Waals surface area (Å²) in [4.78, 5) is 31.3. The SMILES string of the molecule is O=c1c2ccccc2n2c(=O)c3ccccc3nc2n1C1CCCCC1. The van der Waals surface area contributed by atoms with Crippen LogP contribution in [0.3, 0.4) is 0 Å². The maximum absolute atomic E-state index is 13.3. The Bertz CT molecular complexity index is 1260. The summed E-state index contributed by atoms with van der Waals surface area (Å²) in [5.74, 6) is 0.462. The molecule has 130 valence electrons. The maximum Gasteiger partial charge on any atom is 0.267 e. The summed E-state index contributed by atoms with van der Waals surface area (Å²) in [6.07, 6.45) is 5.32. The topological polar surface area (TPSA) is 56.4 Å². The van der Waals surface area contributed by atoms with Gasteiger partial charge in [0, 0.05) is 6.04 Å². The molecule has 2 heterocycles. The molecule has 0 amide bonds. The van der Waals surface area contributed by atoms with Crippen LogP contribution in [0.1, 0.15) is 38.1 Å². The number of benzene rings is 2. The Hall–Kier alpha value is -2.95. The molecule has 26 heavy (non-hydrogen) atoms. The summed E-state index contributed by atoms with van der Waals surface area (Å²) in [5.41, 5.74) is 1.10. The van der Waals surface area contributed by atoms with Gasteiger partial charge in [-0.1, -0.05) is 43.5 Å². The van der Waals surface area contributed by atoms with Crippen LogP contribution in [0.2, 0.25) is 0 Å². The molecule has 4 aromatic rings. The van der Waals surface area contributed by atoms with Gasteiger partial charge in [0.15, 0.2) is 0 Å². The third kappa shape index (κ3) is 2.13. The van der Waals surface area contributed by atoms with Crippen molar-refractivity contribution in [3.8, 4) is 0 Å². The molecule has 0 atom stereocenters. The van der Waals surface area contributed by atoms with Crippen LogP contribution in [-0.2, 0) is 0 Å². The average molecular weight is 345 g/mol. The van der Waals surface area contributed by atoms with E-state index in [0.717, 1.165) is 25.7 Å². The Morgan fingerprint density at radius 3 is 2.31 bits per heavy atom. The molecule has 0 N–H and O–H groups in total. The number of hydrogen-bond acceptors (Lipinski definition) is 3. The van der Waals surface area contributed by atoms with Crippen molar-refractivity contribution in [1.82, 2.24) is 14.0 Å². The number of nitrogens with zero attached hydrogens (tertiary/aromatic N) is 3. The number of rotatable bonds is 1. The maximum atomic E-state index is 13.3. The molecule has 0 bridgehead atoms. The van der Waals surface area contributed by atoms with Crippen molar-refractivity contribution in [2.75, 3.05) is 0 Å². The van der Waals surface area contributed by atoms with Crippen LogP contribution in [0.4, 0.5) is 0 Å². The zero-order valence-corrected chi connectivity index (χ0v) is 14.4. The van der Waals surface area contributed by atoms with Gasteiger partial charge >= 0.3 is 0 Å². The predicted octanol–water partition coefficient (Wildman–Crippen LogP) is 3.67. The van der Waals surface area contributed by atoms with Crippen molar-refractivity contribution in [3.05, 3.63) is 69.2 Å². The summed E-state index contributed by atoms with van der Waals surface area (Å²) < 4.78 is 3.39. The predicted molar refractivity (Wildman–Crippen MR) is 103 cm³/mol. The summed E-state index contributed by atoms with van der Waals surface area (Å²) in [6.45, 7) is 0. The highest BCUT2D eigenvalue weighted by atomic mass is 16.1. The van der Waals surface area contributed by atoms with Gasteiger partial charge in [-0.15, -0.1) is 0 Å². The van der Waals surface area contributed by atoms with E-state index in [9.17, 15) is 9.59 Å². The van der Waals surface area contributed by atoms with Crippen LogP contribution in [0.5, 0.6) is 0 Å². The van der Waals surface area contributed by atoms with E-state index in [0.29, 0.717) is 27.6 Å². The van der Waals surface area contributed by atoms with Gasteiger partial charge in [0.1, 0.15) is 0 Å². The highest BCUT2D eigenvalue weighted by molar-refractivity contribution is 5.84. The van der Waals surface area contributed by atoms with E-state index < -0.39 is 0 Å². The van der Waals surface area contributed by atoms with Gasteiger partial charge in [0.2, 0.25) is 5.78 Å². The number of fused-ring (bicyclic) bond motifs is 4. The van der Waals surface area contributed by atoms with Gasteiger partial charge in [-0.25, -0.2) is 9.38 Å². The lowest BCUT2D eigenvalue weighted by Crippen LogP contribution is -2.32. The Balaban J connectivity index is 2.03. The molecule has 0 saturated heterocycles. The summed E-state index contributed by atoms with van der Waals surface area (Å²) in [7, 11) is 0. The molecule has 1 saturated carbocycles. The molecule has 0 aliphatic heterocycles. The monoisotopic (exact) mass is 345 g/mol. The Labute approximate surface area is 149 Å². The smallest absolute Gasteiger partial charge is 0.267 e. The Kier molecular flexibility index (Phi) is 3.42. The van der Waals surface area contributed by atoms with E-state index >= 15 is 0 Å². The van der Waals surface area contributed by atoms with Crippen LogP contribution in [0.25, 0.3) is 27.6 Å². The van der Waals surface area contributed by atoms with Crippen LogP contribution >= 0.6 is 0 Å². The second-order valence-electron chi connectivity index (χ2n) is 7.05. The fourth-order valence-corrected chi connectivity index (χ4v) is 4.24. The Morgan fingerprint density at radius 1 is 0.808 bits per heavy atom. The molecule has 1 aliphatic rings. The zero-order chi connectivity index (χ0) is 17.7. The lowest BCUT2D eigenvalue weighted by Gasteiger charge is -2.25. The molecule has 5 nitrogen and oxygen atoms in total. The van der Waals surface area contributed by atoms with Crippen LogP contribution in [-0.4, -0.2) is 14.0 Å². The van der Waals surface area contributed by atoms with Crippen molar-refractivity contribution in [2.24, 2.45) is 0 Å². The number of hydrogen-bond donors (Lipinski definition) is 0. The molecule has 1 aliphatic carbocycles. The first-order valence-electron chi connectivity index (χ1n) is 9.20. The summed E-state index contributed by atoms with van der Waals surface area (Å²) >= 11 is 0. The first-order chi connectivity index (χ1) is 12.8. The molecule has 0 unspecified atom stereocenters. The van der Waals surface area contributed by atoms with Crippen molar-refractivity contribution >= 4 is 27.6 Å². The van der Waals surface area contributed by atoms with Crippen molar-refractivity contribution in [2.45, 2.75) is 38.1 Å². The molecular weight excluding hydrogens is 326 g/mol. The minimum absolute atomic E-state index is 0.0466. The Morgan fingerprint density at radius 2 is 1.50 bits per heavy atom. The van der Waals surface area contributed by atoms with Crippen LogP contribution in [0, 0.1) is 0 Å². The zero-order valence-electron chi connectivity index (χ0n) is 14.4. The van der Waals surface area contributed by atoms with E-state index in [-0.39, 0.29) is 17.2 Å². The van der Waals surface area contributed by atoms with Gasteiger partial charge in [0.05, 0.1) is 21.8 Å². The van der Waals surface area contributed by atoms with E-state index in [1.165, 1.54) is 6.42 Å². The molecule has 0 radical (unpaired) electrons. The fourth-order valence-electron chi connectivity index (χ4n) is 4.24. The van der Waals surface area contributed by atoms with Crippen molar-refractivity contribution < 1.29 is 0 Å². The van der Waals surface area contributed by atoms with Crippen molar-refractivity contribution in [1.29, 1.82) is 0 Å². The van der Waals surface area contributed by atoms with Gasteiger partial charge in [-0.3, -0.25) is 14.2 Å². The van der Waals surface area contributed by atoms with Gasteiger partial charge in [-0.2, -0.15) is 0 Å². The van der Waals surface area contributed by atoms with Crippen molar-refractivity contribution in [3.63, 3.8) is 0 Å². The molecule has 0 spiro atoms. The third-order valence-corrected chi connectivity index (χ3v) is 5.51. The highest BCUT2D eigenvalue weighted by Crippen LogP contribution is 2.29. The third-order valence-electron chi connectivity index (χ3n) is 5.51. The first kappa shape index (κ1) is 15.3. The lowest BCUT2D eigenvalue weighted by molar-refractivity contribution is 0.351. The molecule has 5 rings (SSSR count). The fraction of sp³-hybridized carbons (Fsp3) is 0.286. The molecule has 2 aromatic carbocycles. The first-order valence-corrected chi connectivity index (χ1v) is 9.20. The lowest BCUT2D eigenvalue weighted by atomic mass is 9.95. The number of para-hydroxylation sites is 2. The standard InChI is InChI=1S/C21H19N3O2/c25-19-15-10-4-6-12-17(15)22-21-23(14-8-2-1-3-9-14)20(26)16-11-5-7-13-18(16)24(19)21/h4-7,10-14H,1-3,8-9H2. The normalized spacial score (nSPS) is 15.8. The van der Waals surface area contributed by atoms with Gasteiger partial charge in [-0.05, 0) is 37.1 Å². The van der Waals surface area contributed by atoms with E-state index in [1.54, 1.807) is 21.1 Å².